The minimum absolute atomic E-state index is 0.166. The smallest absolute Gasteiger partial charge is 0.307 e. The molecule has 0 spiro atoms. The molecule has 0 heterocycles. The second kappa shape index (κ2) is 8.59. The Balaban J connectivity index is 2.34. The van der Waals surface area contributed by atoms with Crippen LogP contribution in [-0.2, 0) is 9.53 Å². The van der Waals surface area contributed by atoms with Crippen molar-refractivity contribution >= 4 is 29.2 Å². The first-order valence-corrected chi connectivity index (χ1v) is 8.18. The molecule has 1 amide bonds. The number of rotatable bonds is 6. The van der Waals surface area contributed by atoms with E-state index in [-0.39, 0.29) is 17.5 Å². The van der Waals surface area contributed by atoms with E-state index in [4.69, 9.17) is 11.6 Å². The van der Waals surface area contributed by atoms with Gasteiger partial charge in [0.25, 0.3) is 11.6 Å². The van der Waals surface area contributed by atoms with Crippen molar-refractivity contribution < 1.29 is 23.6 Å². The van der Waals surface area contributed by atoms with E-state index < -0.39 is 34.3 Å². The lowest BCUT2D eigenvalue weighted by Gasteiger charge is -2.18. The highest BCUT2D eigenvalue weighted by molar-refractivity contribution is 6.30. The van der Waals surface area contributed by atoms with Gasteiger partial charge in [0.05, 0.1) is 30.1 Å². The average Bonchev–Trinajstić information content (AvgIpc) is 2.63. The first-order valence-electron chi connectivity index (χ1n) is 7.80. The molecule has 0 aliphatic carbocycles. The topological polar surface area (TPSA) is 98.5 Å². The van der Waals surface area contributed by atoms with Crippen LogP contribution >= 0.6 is 11.6 Å². The van der Waals surface area contributed by atoms with Gasteiger partial charge in [-0.2, -0.15) is 0 Å². The molecule has 0 saturated heterocycles. The van der Waals surface area contributed by atoms with Crippen LogP contribution in [0.5, 0.6) is 0 Å². The number of methoxy groups -OCH3 is 1. The Bertz CT molecular complexity index is 886. The number of carbonyl (C=O) groups excluding carboxylic acids is 2. The normalized spacial score (nSPS) is 11.6. The van der Waals surface area contributed by atoms with Gasteiger partial charge >= 0.3 is 5.97 Å². The molecule has 2 aromatic carbocycles. The Morgan fingerprint density at radius 1 is 1.30 bits per heavy atom. The molecule has 0 aliphatic heterocycles. The van der Waals surface area contributed by atoms with E-state index in [1.165, 1.54) is 14.0 Å². The molecule has 1 atom stereocenters. The fraction of sp³-hybridized carbons (Fsp3) is 0.222. The molecule has 0 radical (unpaired) electrons. The summed E-state index contributed by atoms with van der Waals surface area (Å²) in [5, 5.41) is 14.1. The van der Waals surface area contributed by atoms with Crippen LogP contribution < -0.4 is 5.32 Å². The summed E-state index contributed by atoms with van der Waals surface area (Å²) in [4.78, 5) is 34.5. The maximum Gasteiger partial charge on any atom is 0.307 e. The van der Waals surface area contributed by atoms with Crippen molar-refractivity contribution in [3.05, 3.63) is 74.0 Å². The number of carbonyl (C=O) groups is 2. The van der Waals surface area contributed by atoms with Crippen molar-refractivity contribution in [1.29, 1.82) is 0 Å². The number of hydrogen-bond donors (Lipinski definition) is 1. The van der Waals surface area contributed by atoms with Crippen LogP contribution in [0.1, 0.15) is 33.9 Å². The molecule has 1 N–H and O–H groups in total. The minimum Gasteiger partial charge on any atom is -0.469 e. The van der Waals surface area contributed by atoms with Crippen LogP contribution in [0.25, 0.3) is 0 Å². The number of amides is 1. The zero-order valence-corrected chi connectivity index (χ0v) is 15.2. The van der Waals surface area contributed by atoms with E-state index in [0.29, 0.717) is 10.6 Å². The number of esters is 1. The van der Waals surface area contributed by atoms with Gasteiger partial charge in [0.2, 0.25) is 0 Å². The van der Waals surface area contributed by atoms with Gasteiger partial charge in [-0.3, -0.25) is 19.7 Å². The molecular weight excluding hydrogens is 379 g/mol. The van der Waals surface area contributed by atoms with Crippen molar-refractivity contribution in [2.45, 2.75) is 19.4 Å². The highest BCUT2D eigenvalue weighted by atomic mass is 35.5. The standard InChI is InChI=1S/C18H16ClFN2O5/c1-10-14(20)7-12(8-16(10)22(25)26)18(24)21-15(9-17(23)27-2)11-3-5-13(19)6-4-11/h3-8,15H,9H2,1-2H3,(H,21,24). The summed E-state index contributed by atoms with van der Waals surface area (Å²) in [6, 6.07) is 7.53. The van der Waals surface area contributed by atoms with Gasteiger partial charge in [-0.05, 0) is 30.7 Å². The number of nitro groups is 1. The number of nitrogens with one attached hydrogen (secondary N) is 1. The molecule has 2 rings (SSSR count). The highest BCUT2D eigenvalue weighted by Crippen LogP contribution is 2.25. The molecule has 27 heavy (non-hydrogen) atoms. The summed E-state index contributed by atoms with van der Waals surface area (Å²) in [5.74, 6) is -2.21. The van der Waals surface area contributed by atoms with Crippen LogP contribution in [0.2, 0.25) is 5.02 Å². The Morgan fingerprint density at radius 2 is 1.93 bits per heavy atom. The monoisotopic (exact) mass is 394 g/mol. The lowest BCUT2D eigenvalue weighted by Crippen LogP contribution is -2.30. The molecule has 7 nitrogen and oxygen atoms in total. The van der Waals surface area contributed by atoms with Gasteiger partial charge in [-0.1, -0.05) is 23.7 Å². The first-order chi connectivity index (χ1) is 12.7. The Morgan fingerprint density at radius 3 is 2.48 bits per heavy atom. The van der Waals surface area contributed by atoms with Crippen LogP contribution in [-0.4, -0.2) is 23.9 Å². The van der Waals surface area contributed by atoms with Crippen LogP contribution in [0.15, 0.2) is 36.4 Å². The van der Waals surface area contributed by atoms with Crippen molar-refractivity contribution in [2.24, 2.45) is 0 Å². The second-order valence-electron chi connectivity index (χ2n) is 5.72. The maximum absolute atomic E-state index is 14.0. The van der Waals surface area contributed by atoms with Crippen molar-refractivity contribution in [1.82, 2.24) is 5.32 Å². The molecule has 0 saturated carbocycles. The zero-order chi connectivity index (χ0) is 20.1. The van der Waals surface area contributed by atoms with Gasteiger partial charge in [0.1, 0.15) is 5.82 Å². The third kappa shape index (κ3) is 5.01. The average molecular weight is 395 g/mol. The van der Waals surface area contributed by atoms with Gasteiger partial charge in [0.15, 0.2) is 0 Å². The van der Waals surface area contributed by atoms with E-state index in [2.05, 4.69) is 10.1 Å². The number of ether oxygens (including phenoxy) is 1. The summed E-state index contributed by atoms with van der Waals surface area (Å²) < 4.78 is 18.6. The van der Waals surface area contributed by atoms with E-state index in [1.54, 1.807) is 24.3 Å². The third-order valence-corrected chi connectivity index (χ3v) is 4.20. The molecule has 142 valence electrons. The number of nitro benzene ring substituents is 1. The minimum atomic E-state index is -0.870. The molecular formula is C18H16ClFN2O5. The van der Waals surface area contributed by atoms with Crippen LogP contribution in [0, 0.1) is 22.9 Å². The predicted octanol–water partition coefficient (Wildman–Crippen LogP) is 3.73. The highest BCUT2D eigenvalue weighted by Gasteiger charge is 2.23. The van der Waals surface area contributed by atoms with Gasteiger partial charge < -0.3 is 10.1 Å². The van der Waals surface area contributed by atoms with E-state index in [0.717, 1.165) is 12.1 Å². The summed E-state index contributed by atoms with van der Waals surface area (Å²) in [6.07, 6.45) is -0.180. The predicted molar refractivity (Wildman–Crippen MR) is 96.1 cm³/mol. The molecule has 1 unspecified atom stereocenters. The van der Waals surface area contributed by atoms with Gasteiger partial charge in [-0.25, -0.2) is 4.39 Å². The van der Waals surface area contributed by atoms with Crippen LogP contribution in [0.4, 0.5) is 10.1 Å². The fourth-order valence-corrected chi connectivity index (χ4v) is 2.55. The van der Waals surface area contributed by atoms with Crippen LogP contribution in [0.3, 0.4) is 0 Å². The molecule has 2 aromatic rings. The Hall–Kier alpha value is -3.00. The fourth-order valence-electron chi connectivity index (χ4n) is 2.42. The third-order valence-electron chi connectivity index (χ3n) is 3.95. The van der Waals surface area contributed by atoms with Gasteiger partial charge in [-0.15, -0.1) is 0 Å². The molecule has 9 heteroatoms. The summed E-state index contributed by atoms with van der Waals surface area (Å²) in [6.45, 7) is 1.25. The van der Waals surface area contributed by atoms with Crippen molar-refractivity contribution in [2.75, 3.05) is 7.11 Å². The Kier molecular flexibility index (Phi) is 6.46. The molecule has 0 aliphatic rings. The molecule has 0 fully saturated rings. The van der Waals surface area contributed by atoms with Crippen molar-refractivity contribution in [3.63, 3.8) is 0 Å². The summed E-state index contributed by atoms with van der Waals surface area (Å²) in [5.41, 5.74) is -0.328. The quantitative estimate of drug-likeness (QED) is 0.457. The van der Waals surface area contributed by atoms with E-state index >= 15 is 0 Å². The Labute approximate surface area is 159 Å². The largest absolute Gasteiger partial charge is 0.469 e. The molecule has 0 bridgehead atoms. The number of nitrogens with zero attached hydrogens (tertiary/aromatic N) is 1. The lowest BCUT2D eigenvalue weighted by molar-refractivity contribution is -0.385. The molecule has 0 aromatic heterocycles. The van der Waals surface area contributed by atoms with E-state index in [9.17, 15) is 24.1 Å². The lowest BCUT2D eigenvalue weighted by atomic mass is 10.0. The van der Waals surface area contributed by atoms with E-state index in [1.807, 2.05) is 0 Å². The maximum atomic E-state index is 14.0. The number of halogens is 2. The van der Waals surface area contributed by atoms with Gasteiger partial charge in [0, 0.05) is 16.7 Å². The second-order valence-corrected chi connectivity index (χ2v) is 6.15. The summed E-state index contributed by atoms with van der Waals surface area (Å²) >= 11 is 5.85. The van der Waals surface area contributed by atoms with Crippen molar-refractivity contribution in [3.8, 4) is 0 Å². The first kappa shape index (κ1) is 20.3. The number of benzene rings is 2. The number of hydrogen-bond acceptors (Lipinski definition) is 5. The SMILES string of the molecule is COC(=O)CC(NC(=O)c1cc(F)c(C)c([N+](=O)[O-])c1)c1ccc(Cl)cc1. The zero-order valence-electron chi connectivity index (χ0n) is 14.5. The summed E-state index contributed by atoms with van der Waals surface area (Å²) in [7, 11) is 1.21.